The third-order valence-corrected chi connectivity index (χ3v) is 8.41. The molecule has 0 spiro atoms. The fraction of sp³-hybridized carbons (Fsp3) is 0.900. The van der Waals surface area contributed by atoms with Gasteiger partial charge in [-0.05, 0) is 72.5 Å². The van der Waals surface area contributed by atoms with Crippen LogP contribution >= 0.6 is 0 Å². The van der Waals surface area contributed by atoms with Crippen LogP contribution in [0.3, 0.4) is 0 Å². The molecule has 4 rings (SSSR count). The van der Waals surface area contributed by atoms with E-state index in [1.165, 1.54) is 32.1 Å². The summed E-state index contributed by atoms with van der Waals surface area (Å²) in [4.78, 5) is 0. The van der Waals surface area contributed by atoms with Gasteiger partial charge in [-0.3, -0.25) is 0 Å². The van der Waals surface area contributed by atoms with Gasteiger partial charge in [-0.2, -0.15) is 0 Å². The molecule has 0 radical (unpaired) electrons. The second-order valence-electron chi connectivity index (χ2n) is 9.09. The van der Waals surface area contributed by atoms with Crippen molar-refractivity contribution in [2.45, 2.75) is 65.7 Å². The zero-order chi connectivity index (χ0) is 14.1. The van der Waals surface area contributed by atoms with Gasteiger partial charge in [-0.15, -0.1) is 0 Å². The largest absolute Gasteiger partial charge is 0.0993 e. The van der Waals surface area contributed by atoms with E-state index in [9.17, 15) is 0 Å². The van der Waals surface area contributed by atoms with Crippen LogP contribution < -0.4 is 0 Å². The van der Waals surface area contributed by atoms with Crippen LogP contribution in [0.2, 0.25) is 0 Å². The molecule has 0 N–H and O–H groups in total. The van der Waals surface area contributed by atoms with Crippen molar-refractivity contribution in [3.8, 4) is 0 Å². The Bertz CT molecular complexity index is 410. The van der Waals surface area contributed by atoms with E-state index in [4.69, 9.17) is 0 Å². The molecule has 0 saturated heterocycles. The quantitative estimate of drug-likeness (QED) is 0.497. The molecule has 112 valence electrons. The highest BCUT2D eigenvalue weighted by molar-refractivity contribution is 5.20. The average molecular weight is 272 g/mol. The Hall–Kier alpha value is -0.260. The minimum atomic E-state index is 0.489. The van der Waals surface area contributed by atoms with Crippen molar-refractivity contribution in [3.63, 3.8) is 0 Å². The topological polar surface area (TPSA) is 0 Å². The summed E-state index contributed by atoms with van der Waals surface area (Å²) in [7, 11) is 0. The summed E-state index contributed by atoms with van der Waals surface area (Å²) in [5.41, 5.74) is 2.11. The van der Waals surface area contributed by atoms with Gasteiger partial charge in [0, 0.05) is 0 Å². The van der Waals surface area contributed by atoms with Crippen molar-refractivity contribution >= 4 is 0 Å². The second-order valence-corrected chi connectivity index (χ2v) is 9.09. The fourth-order valence-corrected chi connectivity index (χ4v) is 7.12. The predicted molar refractivity (Wildman–Crippen MR) is 85.3 cm³/mol. The summed E-state index contributed by atoms with van der Waals surface area (Å²) in [5.74, 6) is 6.83. The molecule has 4 aliphatic rings. The first-order valence-electron chi connectivity index (χ1n) is 9.20. The van der Waals surface area contributed by atoms with Crippen LogP contribution in [0.5, 0.6) is 0 Å². The molecule has 7 atom stereocenters. The SMILES string of the molecule is C=C1C2CCC3CCCC4CCC(C2C34)C(C)(C)C1C. The predicted octanol–water partition coefficient (Wildman–Crippen LogP) is 5.69. The highest BCUT2D eigenvalue weighted by Crippen LogP contribution is 2.65. The fourth-order valence-electron chi connectivity index (χ4n) is 7.12. The van der Waals surface area contributed by atoms with E-state index < -0.39 is 0 Å². The van der Waals surface area contributed by atoms with E-state index in [1.807, 2.05) is 0 Å². The smallest absolute Gasteiger partial charge is 0.0169 e. The molecule has 4 fully saturated rings. The van der Waals surface area contributed by atoms with Crippen LogP contribution in [0.15, 0.2) is 12.2 Å². The molecule has 0 bridgehead atoms. The summed E-state index contributed by atoms with van der Waals surface area (Å²) in [6, 6.07) is 0. The Labute approximate surface area is 125 Å². The molecule has 0 nitrogen and oxygen atoms in total. The Morgan fingerprint density at radius 3 is 2.25 bits per heavy atom. The Morgan fingerprint density at radius 2 is 1.55 bits per heavy atom. The van der Waals surface area contributed by atoms with E-state index in [2.05, 4.69) is 27.4 Å². The standard InChI is InChI=1S/C20H32/c1-12-13(2)20(3,4)17-11-9-15-7-5-6-14-8-10-16(12)19(17)18(14)15/h13-19H,1,5-11H2,2-4H3. The lowest BCUT2D eigenvalue weighted by molar-refractivity contribution is -0.114. The van der Waals surface area contributed by atoms with Gasteiger partial charge in [-0.1, -0.05) is 52.2 Å². The van der Waals surface area contributed by atoms with Crippen molar-refractivity contribution in [1.82, 2.24) is 0 Å². The van der Waals surface area contributed by atoms with Crippen molar-refractivity contribution in [2.75, 3.05) is 0 Å². The maximum atomic E-state index is 4.60. The maximum Gasteiger partial charge on any atom is -0.0169 e. The van der Waals surface area contributed by atoms with Gasteiger partial charge in [0.15, 0.2) is 0 Å². The van der Waals surface area contributed by atoms with Gasteiger partial charge in [0.25, 0.3) is 0 Å². The van der Waals surface area contributed by atoms with Crippen LogP contribution in [-0.2, 0) is 0 Å². The Morgan fingerprint density at radius 1 is 0.900 bits per heavy atom. The van der Waals surface area contributed by atoms with E-state index in [0.717, 1.165) is 41.4 Å². The minimum absolute atomic E-state index is 0.489. The number of hydrogen-bond acceptors (Lipinski definition) is 0. The third kappa shape index (κ3) is 1.60. The summed E-state index contributed by atoms with van der Waals surface area (Å²) in [5, 5.41) is 0. The normalized spacial score (nSPS) is 53.4. The van der Waals surface area contributed by atoms with Crippen LogP contribution in [0.4, 0.5) is 0 Å². The number of rotatable bonds is 0. The average Bonchev–Trinajstić information content (AvgIpc) is 2.45. The molecule has 4 aliphatic carbocycles. The van der Waals surface area contributed by atoms with Crippen molar-refractivity contribution < 1.29 is 0 Å². The summed E-state index contributed by atoms with van der Waals surface area (Å²) in [6.45, 7) is 12.2. The number of allylic oxidation sites excluding steroid dienone is 1. The van der Waals surface area contributed by atoms with Gasteiger partial charge >= 0.3 is 0 Å². The van der Waals surface area contributed by atoms with E-state index in [1.54, 1.807) is 18.4 Å². The summed E-state index contributed by atoms with van der Waals surface area (Å²) >= 11 is 0. The van der Waals surface area contributed by atoms with Crippen molar-refractivity contribution in [3.05, 3.63) is 12.2 Å². The van der Waals surface area contributed by atoms with Crippen LogP contribution in [0.1, 0.15) is 65.7 Å². The minimum Gasteiger partial charge on any atom is -0.0993 e. The van der Waals surface area contributed by atoms with Crippen LogP contribution in [0, 0.1) is 46.8 Å². The molecular formula is C20H32. The van der Waals surface area contributed by atoms with E-state index >= 15 is 0 Å². The first-order valence-corrected chi connectivity index (χ1v) is 9.20. The highest BCUT2D eigenvalue weighted by atomic mass is 14.6. The van der Waals surface area contributed by atoms with Gasteiger partial charge in [0.05, 0.1) is 0 Å². The maximum absolute atomic E-state index is 4.60. The Balaban J connectivity index is 1.76. The van der Waals surface area contributed by atoms with Crippen molar-refractivity contribution in [1.29, 1.82) is 0 Å². The molecule has 0 heteroatoms. The van der Waals surface area contributed by atoms with Gasteiger partial charge < -0.3 is 0 Å². The molecule has 0 aromatic heterocycles. The first-order chi connectivity index (χ1) is 9.51. The van der Waals surface area contributed by atoms with Crippen LogP contribution in [0.25, 0.3) is 0 Å². The highest BCUT2D eigenvalue weighted by Gasteiger charge is 2.58. The molecule has 0 aromatic rings. The molecule has 4 saturated carbocycles. The zero-order valence-electron chi connectivity index (χ0n) is 13.7. The molecule has 0 aromatic carbocycles. The van der Waals surface area contributed by atoms with Gasteiger partial charge in [0.2, 0.25) is 0 Å². The lowest BCUT2D eigenvalue weighted by atomic mass is 9.41. The molecule has 0 heterocycles. The number of hydrogen-bond donors (Lipinski definition) is 0. The third-order valence-electron chi connectivity index (χ3n) is 8.41. The van der Waals surface area contributed by atoms with E-state index in [-0.39, 0.29) is 0 Å². The molecule has 7 unspecified atom stereocenters. The molecular weight excluding hydrogens is 240 g/mol. The molecule has 0 aliphatic heterocycles. The lowest BCUT2D eigenvalue weighted by Crippen LogP contribution is -2.56. The van der Waals surface area contributed by atoms with Gasteiger partial charge in [-0.25, -0.2) is 0 Å². The summed E-state index contributed by atoms with van der Waals surface area (Å²) in [6.07, 6.45) is 10.6. The van der Waals surface area contributed by atoms with Crippen molar-refractivity contribution in [2.24, 2.45) is 46.8 Å². The zero-order valence-corrected chi connectivity index (χ0v) is 13.7. The van der Waals surface area contributed by atoms with Gasteiger partial charge in [0.1, 0.15) is 0 Å². The monoisotopic (exact) mass is 272 g/mol. The van der Waals surface area contributed by atoms with E-state index in [0.29, 0.717) is 5.41 Å². The Kier molecular flexibility index (Phi) is 2.93. The summed E-state index contributed by atoms with van der Waals surface area (Å²) < 4.78 is 0. The molecule has 20 heavy (non-hydrogen) atoms. The second kappa shape index (κ2) is 4.37. The molecule has 0 amide bonds. The lowest BCUT2D eigenvalue weighted by Gasteiger charge is -2.63. The van der Waals surface area contributed by atoms with Crippen LogP contribution in [-0.4, -0.2) is 0 Å². The first kappa shape index (κ1) is 13.4.